The smallest absolute Gasteiger partial charge is 0.234 e. The minimum atomic E-state index is 0.233. The standard InChI is InChI=1S/C20H24N2OS2/c1-15-7-8-18(25-15)20-22(19(23)14-24-20)17-9-11-21(12-10-17)13-16-5-3-2-4-6-16/h2-8,17,20H,9-14H2,1H3. The topological polar surface area (TPSA) is 23.6 Å². The number of carbonyl (C=O) groups excluding carboxylic acids is 1. The van der Waals surface area contributed by atoms with Gasteiger partial charge in [0.25, 0.3) is 0 Å². The van der Waals surface area contributed by atoms with Crippen LogP contribution in [0, 0.1) is 6.92 Å². The SMILES string of the molecule is Cc1ccc(C2SCC(=O)N2C2CCN(Cc3ccccc3)CC2)s1. The zero-order valence-corrected chi connectivity index (χ0v) is 16.2. The summed E-state index contributed by atoms with van der Waals surface area (Å²) in [5, 5.41) is 0.233. The van der Waals surface area contributed by atoms with Gasteiger partial charge in [0.1, 0.15) is 5.37 Å². The van der Waals surface area contributed by atoms with E-state index in [0.29, 0.717) is 17.7 Å². The van der Waals surface area contributed by atoms with Crippen LogP contribution in [0.5, 0.6) is 0 Å². The molecule has 0 bridgehead atoms. The van der Waals surface area contributed by atoms with Gasteiger partial charge in [-0.1, -0.05) is 30.3 Å². The Kier molecular flexibility index (Phi) is 5.15. The first kappa shape index (κ1) is 17.1. The summed E-state index contributed by atoms with van der Waals surface area (Å²) in [6.07, 6.45) is 2.17. The van der Waals surface area contributed by atoms with Crippen LogP contribution in [-0.2, 0) is 11.3 Å². The molecule has 1 aromatic carbocycles. The lowest BCUT2D eigenvalue weighted by Gasteiger charge is -2.38. The highest BCUT2D eigenvalue weighted by atomic mass is 32.2. The third-order valence-electron chi connectivity index (χ3n) is 5.11. The summed E-state index contributed by atoms with van der Waals surface area (Å²) in [4.78, 5) is 19.9. The molecule has 4 rings (SSSR count). The van der Waals surface area contributed by atoms with E-state index in [2.05, 4.69) is 59.2 Å². The van der Waals surface area contributed by atoms with Crippen molar-refractivity contribution in [2.75, 3.05) is 18.8 Å². The number of piperidine rings is 1. The number of hydrogen-bond acceptors (Lipinski definition) is 4. The molecular weight excluding hydrogens is 348 g/mol. The van der Waals surface area contributed by atoms with Crippen LogP contribution < -0.4 is 0 Å². The number of thiophene rings is 1. The first-order valence-corrected chi connectivity index (χ1v) is 10.8. The van der Waals surface area contributed by atoms with Crippen LogP contribution in [0.4, 0.5) is 0 Å². The number of rotatable bonds is 4. The third kappa shape index (κ3) is 3.78. The molecule has 0 radical (unpaired) electrons. The van der Waals surface area contributed by atoms with Crippen LogP contribution in [0.15, 0.2) is 42.5 Å². The quantitative estimate of drug-likeness (QED) is 0.800. The Bertz CT molecular complexity index is 722. The molecule has 0 N–H and O–H groups in total. The van der Waals surface area contributed by atoms with Crippen LogP contribution in [0.2, 0.25) is 0 Å². The molecule has 2 aliphatic heterocycles. The summed E-state index contributed by atoms with van der Waals surface area (Å²) in [5.74, 6) is 0.953. The predicted molar refractivity (Wildman–Crippen MR) is 106 cm³/mol. The van der Waals surface area contributed by atoms with Gasteiger partial charge >= 0.3 is 0 Å². The van der Waals surface area contributed by atoms with E-state index >= 15 is 0 Å². The Morgan fingerprint density at radius 1 is 1.08 bits per heavy atom. The van der Waals surface area contributed by atoms with Crippen LogP contribution in [0.25, 0.3) is 0 Å². The van der Waals surface area contributed by atoms with Crippen molar-refractivity contribution in [2.24, 2.45) is 0 Å². The highest BCUT2D eigenvalue weighted by Crippen LogP contribution is 2.44. The average Bonchev–Trinajstić information content (AvgIpc) is 3.22. The molecule has 2 aliphatic rings. The van der Waals surface area contributed by atoms with Crippen LogP contribution in [0.1, 0.15) is 33.5 Å². The molecule has 2 fully saturated rings. The third-order valence-corrected chi connectivity index (χ3v) is 7.52. The fourth-order valence-electron chi connectivity index (χ4n) is 3.83. The molecule has 25 heavy (non-hydrogen) atoms. The molecule has 132 valence electrons. The zero-order valence-electron chi connectivity index (χ0n) is 14.6. The molecule has 1 unspecified atom stereocenters. The zero-order chi connectivity index (χ0) is 17.2. The van der Waals surface area contributed by atoms with Gasteiger partial charge in [-0.2, -0.15) is 0 Å². The summed E-state index contributed by atoms with van der Waals surface area (Å²) in [6, 6.07) is 15.4. The van der Waals surface area contributed by atoms with Gasteiger partial charge in [-0.3, -0.25) is 9.69 Å². The van der Waals surface area contributed by atoms with Crippen molar-refractivity contribution in [1.29, 1.82) is 0 Å². The maximum Gasteiger partial charge on any atom is 0.234 e. The highest BCUT2D eigenvalue weighted by Gasteiger charge is 2.39. The van der Waals surface area contributed by atoms with Crippen molar-refractivity contribution < 1.29 is 4.79 Å². The van der Waals surface area contributed by atoms with Crippen molar-refractivity contribution in [3.05, 3.63) is 57.8 Å². The van der Waals surface area contributed by atoms with Gasteiger partial charge in [0, 0.05) is 35.4 Å². The van der Waals surface area contributed by atoms with Crippen molar-refractivity contribution in [3.63, 3.8) is 0 Å². The van der Waals surface area contributed by atoms with Gasteiger partial charge in [-0.15, -0.1) is 23.1 Å². The van der Waals surface area contributed by atoms with E-state index in [1.807, 2.05) is 11.3 Å². The molecule has 3 nitrogen and oxygen atoms in total. The molecule has 0 saturated carbocycles. The van der Waals surface area contributed by atoms with Crippen molar-refractivity contribution in [1.82, 2.24) is 9.80 Å². The largest absolute Gasteiger partial charge is 0.322 e. The lowest BCUT2D eigenvalue weighted by molar-refractivity contribution is -0.131. The Hall–Kier alpha value is -1.30. The second-order valence-electron chi connectivity index (χ2n) is 6.91. The number of benzene rings is 1. The molecular formula is C20H24N2OS2. The number of thioether (sulfide) groups is 1. The molecule has 1 aromatic heterocycles. The summed E-state index contributed by atoms with van der Waals surface area (Å²) in [5.41, 5.74) is 1.38. The second kappa shape index (κ2) is 7.52. The molecule has 5 heteroatoms. The maximum absolute atomic E-state index is 12.5. The normalized spacial score (nSPS) is 22.7. The molecule has 0 aliphatic carbocycles. The van der Waals surface area contributed by atoms with E-state index in [-0.39, 0.29) is 5.37 Å². The number of aryl methyl sites for hydroxylation is 1. The number of carbonyl (C=O) groups is 1. The molecule has 1 amide bonds. The van der Waals surface area contributed by atoms with Gasteiger partial charge in [0.15, 0.2) is 0 Å². The summed E-state index contributed by atoms with van der Waals surface area (Å²) in [7, 11) is 0. The Morgan fingerprint density at radius 3 is 2.52 bits per heavy atom. The van der Waals surface area contributed by atoms with E-state index in [4.69, 9.17) is 0 Å². The molecule has 2 aromatic rings. The number of hydrogen-bond donors (Lipinski definition) is 0. The second-order valence-corrected chi connectivity index (χ2v) is 9.29. The molecule has 2 saturated heterocycles. The number of likely N-dealkylation sites (tertiary alicyclic amines) is 1. The average molecular weight is 373 g/mol. The lowest BCUT2D eigenvalue weighted by Crippen LogP contribution is -2.46. The van der Waals surface area contributed by atoms with Gasteiger partial charge in [0.05, 0.1) is 5.75 Å². The monoisotopic (exact) mass is 372 g/mol. The van der Waals surface area contributed by atoms with Gasteiger partial charge in [-0.25, -0.2) is 0 Å². The summed E-state index contributed by atoms with van der Waals surface area (Å²) in [6.45, 7) is 5.31. The predicted octanol–water partition coefficient (Wildman–Crippen LogP) is 4.30. The Labute approximate surface area is 158 Å². The highest BCUT2D eigenvalue weighted by molar-refractivity contribution is 8.00. The van der Waals surface area contributed by atoms with Crippen molar-refractivity contribution in [3.8, 4) is 0 Å². The Morgan fingerprint density at radius 2 is 1.84 bits per heavy atom. The Balaban J connectivity index is 1.40. The minimum absolute atomic E-state index is 0.233. The van der Waals surface area contributed by atoms with Crippen LogP contribution >= 0.6 is 23.1 Å². The minimum Gasteiger partial charge on any atom is -0.322 e. The number of amides is 1. The first-order valence-electron chi connectivity index (χ1n) is 8.96. The van der Waals surface area contributed by atoms with Gasteiger partial charge in [-0.05, 0) is 37.5 Å². The summed E-state index contributed by atoms with van der Waals surface area (Å²) < 4.78 is 0. The molecule has 3 heterocycles. The van der Waals surface area contributed by atoms with E-state index in [9.17, 15) is 4.79 Å². The van der Waals surface area contributed by atoms with Gasteiger partial charge < -0.3 is 4.90 Å². The fourth-order valence-corrected chi connectivity index (χ4v) is 6.18. The van der Waals surface area contributed by atoms with E-state index in [1.165, 1.54) is 15.3 Å². The van der Waals surface area contributed by atoms with Crippen molar-refractivity contribution >= 4 is 29.0 Å². The molecule has 1 atom stereocenters. The first-order chi connectivity index (χ1) is 12.2. The fraction of sp³-hybridized carbons (Fsp3) is 0.450. The van der Waals surface area contributed by atoms with E-state index in [0.717, 1.165) is 32.5 Å². The van der Waals surface area contributed by atoms with E-state index < -0.39 is 0 Å². The van der Waals surface area contributed by atoms with Crippen molar-refractivity contribution in [2.45, 2.75) is 37.7 Å². The van der Waals surface area contributed by atoms with Crippen LogP contribution in [0.3, 0.4) is 0 Å². The lowest BCUT2D eigenvalue weighted by atomic mass is 10.0. The van der Waals surface area contributed by atoms with Crippen LogP contribution in [-0.4, -0.2) is 40.6 Å². The van der Waals surface area contributed by atoms with Gasteiger partial charge in [0.2, 0.25) is 5.91 Å². The molecule has 0 spiro atoms. The van der Waals surface area contributed by atoms with E-state index in [1.54, 1.807) is 11.8 Å². The number of nitrogens with zero attached hydrogens (tertiary/aromatic N) is 2. The maximum atomic E-state index is 12.5. The summed E-state index contributed by atoms with van der Waals surface area (Å²) >= 11 is 3.63.